The first-order chi connectivity index (χ1) is 16.9. The van der Waals surface area contributed by atoms with Gasteiger partial charge in [0, 0.05) is 37.7 Å². The highest BCUT2D eigenvalue weighted by Gasteiger charge is 2.34. The molecule has 4 amide bonds. The lowest BCUT2D eigenvalue weighted by atomic mass is 9.86. The molecule has 2 rings (SSSR count). The number of hydrogen-bond donors (Lipinski definition) is 0. The first kappa shape index (κ1) is 31.6. The highest BCUT2D eigenvalue weighted by Crippen LogP contribution is 2.30. The number of thiocarbonyl (C=S) groups is 2. The zero-order valence-corrected chi connectivity index (χ0v) is 26.4. The third-order valence-corrected chi connectivity index (χ3v) is 10.2. The topological polar surface area (TPSA) is 47.1 Å². The first-order valence-corrected chi connectivity index (χ1v) is 16.4. The van der Waals surface area contributed by atoms with E-state index < -0.39 is 0 Å². The Morgan fingerprint density at radius 2 is 1.03 bits per heavy atom. The molecule has 0 unspecified atom stereocenters. The van der Waals surface area contributed by atoms with Gasteiger partial charge in [0.15, 0.2) is 0 Å². The van der Waals surface area contributed by atoms with Crippen LogP contribution in [-0.4, -0.2) is 104 Å². The largest absolute Gasteiger partial charge is 0.325 e. The van der Waals surface area contributed by atoms with Crippen molar-refractivity contribution >= 4 is 70.0 Å². The Labute approximate surface area is 238 Å². The maximum Gasteiger partial charge on any atom is 0.325 e. The van der Waals surface area contributed by atoms with Crippen LogP contribution in [-0.2, 0) is 0 Å². The minimum Gasteiger partial charge on any atom is -0.318 e. The van der Waals surface area contributed by atoms with Gasteiger partial charge in [-0.1, -0.05) is 52.1 Å². The molecule has 0 aromatic rings. The fourth-order valence-corrected chi connectivity index (χ4v) is 7.62. The normalized spacial score (nSPS) is 17.4. The standard InChI is InChI=1S/C26H46N4O2S4/c1-7-27-19-21(33)29(23(27)31)13-9-25(3,4)11-15-35-17-18-36-16-12-26(5,6)10-14-30-22(34)20-28(8-2)24(30)32/h7-20H2,1-6H3. The predicted molar refractivity (Wildman–Crippen MR) is 165 cm³/mol. The van der Waals surface area contributed by atoms with Gasteiger partial charge < -0.3 is 9.80 Å². The molecule has 0 radical (unpaired) electrons. The molecule has 2 saturated heterocycles. The number of likely N-dealkylation sites (N-methyl/N-ethyl adjacent to an activating group) is 2. The number of carbonyl (C=O) groups excluding carboxylic acids is 2. The van der Waals surface area contributed by atoms with Gasteiger partial charge in [0.05, 0.1) is 13.1 Å². The molecule has 0 atom stereocenters. The SMILES string of the molecule is CCN1CC(=S)N(CCC(C)(C)CCSCCSCCC(C)(C)CCN2C(=O)N(CC)CC2=S)C1=O. The van der Waals surface area contributed by atoms with E-state index in [4.69, 9.17) is 24.4 Å². The molecule has 2 heterocycles. The molecule has 206 valence electrons. The number of hydrogen-bond acceptors (Lipinski definition) is 6. The van der Waals surface area contributed by atoms with Crippen LogP contribution in [0.1, 0.15) is 67.2 Å². The lowest BCUT2D eigenvalue weighted by molar-refractivity contribution is 0.191. The van der Waals surface area contributed by atoms with Crippen molar-refractivity contribution in [2.75, 3.05) is 62.3 Å². The quantitative estimate of drug-likeness (QED) is 0.152. The second-order valence-corrected chi connectivity index (χ2v) is 14.6. The van der Waals surface area contributed by atoms with Crippen LogP contribution < -0.4 is 0 Å². The molecule has 0 bridgehead atoms. The van der Waals surface area contributed by atoms with Crippen molar-refractivity contribution in [3.63, 3.8) is 0 Å². The minimum atomic E-state index is 0.0732. The number of amides is 4. The van der Waals surface area contributed by atoms with Gasteiger partial charge >= 0.3 is 12.1 Å². The maximum absolute atomic E-state index is 12.4. The van der Waals surface area contributed by atoms with Gasteiger partial charge in [0.1, 0.15) is 9.98 Å². The van der Waals surface area contributed by atoms with E-state index >= 15 is 0 Å². The van der Waals surface area contributed by atoms with Crippen LogP contribution in [0.15, 0.2) is 0 Å². The summed E-state index contributed by atoms with van der Waals surface area (Å²) in [5.74, 6) is 4.64. The van der Waals surface area contributed by atoms with Gasteiger partial charge in [-0.15, -0.1) is 0 Å². The summed E-state index contributed by atoms with van der Waals surface area (Å²) in [6, 6.07) is 0.146. The van der Waals surface area contributed by atoms with Crippen LogP contribution in [0.3, 0.4) is 0 Å². The molecule has 2 fully saturated rings. The summed E-state index contributed by atoms with van der Waals surface area (Å²) in [6.45, 7) is 17.3. The summed E-state index contributed by atoms with van der Waals surface area (Å²) in [5.41, 5.74) is 0.403. The number of thioether (sulfide) groups is 2. The highest BCUT2D eigenvalue weighted by molar-refractivity contribution is 8.02. The second-order valence-electron chi connectivity index (χ2n) is 11.2. The third-order valence-electron chi connectivity index (χ3n) is 7.26. The van der Waals surface area contributed by atoms with Crippen LogP contribution in [0.5, 0.6) is 0 Å². The van der Waals surface area contributed by atoms with Gasteiger partial charge in [-0.05, 0) is 61.9 Å². The number of carbonyl (C=O) groups is 2. The van der Waals surface area contributed by atoms with E-state index in [-0.39, 0.29) is 22.9 Å². The average molecular weight is 575 g/mol. The smallest absolute Gasteiger partial charge is 0.318 e. The number of urea groups is 2. The van der Waals surface area contributed by atoms with Crippen LogP contribution in [0, 0.1) is 10.8 Å². The van der Waals surface area contributed by atoms with Crippen molar-refractivity contribution < 1.29 is 9.59 Å². The van der Waals surface area contributed by atoms with Gasteiger partial charge in [0.2, 0.25) is 0 Å². The molecule has 10 heteroatoms. The van der Waals surface area contributed by atoms with Crippen molar-refractivity contribution in [2.45, 2.75) is 67.2 Å². The molecule has 2 aliphatic rings. The third kappa shape index (κ3) is 9.62. The van der Waals surface area contributed by atoms with Crippen molar-refractivity contribution in [1.29, 1.82) is 0 Å². The molecule has 0 spiro atoms. The molecule has 36 heavy (non-hydrogen) atoms. The molecule has 0 saturated carbocycles. The van der Waals surface area contributed by atoms with Crippen molar-refractivity contribution in [1.82, 2.24) is 19.6 Å². The van der Waals surface area contributed by atoms with E-state index in [0.29, 0.717) is 13.1 Å². The van der Waals surface area contributed by atoms with Gasteiger partial charge in [0.25, 0.3) is 0 Å². The number of rotatable bonds is 17. The van der Waals surface area contributed by atoms with Gasteiger partial charge in [-0.3, -0.25) is 9.80 Å². The fraction of sp³-hybridized carbons (Fsp3) is 0.846. The summed E-state index contributed by atoms with van der Waals surface area (Å²) in [7, 11) is 0. The Hall–Kier alpha value is -0.580. The summed E-state index contributed by atoms with van der Waals surface area (Å²) in [6.07, 6.45) is 4.25. The summed E-state index contributed by atoms with van der Waals surface area (Å²) < 4.78 is 0. The minimum absolute atomic E-state index is 0.0732. The van der Waals surface area contributed by atoms with Crippen LogP contribution in [0.4, 0.5) is 9.59 Å². The van der Waals surface area contributed by atoms with Crippen LogP contribution in [0.2, 0.25) is 0 Å². The lowest BCUT2D eigenvalue weighted by Gasteiger charge is -2.27. The molecular formula is C26H46N4O2S4. The Morgan fingerprint density at radius 1 is 0.667 bits per heavy atom. The van der Waals surface area contributed by atoms with Crippen molar-refractivity contribution in [3.05, 3.63) is 0 Å². The van der Waals surface area contributed by atoms with Gasteiger partial charge in [-0.2, -0.15) is 23.5 Å². The maximum atomic E-state index is 12.4. The Kier molecular flexibility index (Phi) is 12.8. The zero-order valence-electron chi connectivity index (χ0n) is 23.1. The Bertz CT molecular complexity index is 726. The van der Waals surface area contributed by atoms with E-state index in [1.165, 1.54) is 11.5 Å². The summed E-state index contributed by atoms with van der Waals surface area (Å²) >= 11 is 14.9. The van der Waals surface area contributed by atoms with Crippen molar-refractivity contribution in [3.8, 4) is 0 Å². The molecule has 0 aliphatic carbocycles. The first-order valence-electron chi connectivity index (χ1n) is 13.2. The monoisotopic (exact) mass is 574 g/mol. The van der Waals surface area contributed by atoms with E-state index in [2.05, 4.69) is 27.7 Å². The Morgan fingerprint density at radius 3 is 1.33 bits per heavy atom. The molecule has 0 N–H and O–H groups in total. The van der Waals surface area contributed by atoms with E-state index in [0.717, 1.165) is 73.3 Å². The van der Waals surface area contributed by atoms with E-state index in [9.17, 15) is 9.59 Å². The molecule has 0 aromatic heterocycles. The lowest BCUT2D eigenvalue weighted by Crippen LogP contribution is -2.35. The number of nitrogens with zero attached hydrogens (tertiary/aromatic N) is 4. The van der Waals surface area contributed by atoms with Crippen molar-refractivity contribution in [2.24, 2.45) is 10.8 Å². The van der Waals surface area contributed by atoms with Gasteiger partial charge in [-0.25, -0.2) is 9.59 Å². The molecule has 0 aromatic carbocycles. The fourth-order valence-electron chi connectivity index (χ4n) is 4.22. The molecular weight excluding hydrogens is 529 g/mol. The summed E-state index contributed by atoms with van der Waals surface area (Å²) in [4.78, 5) is 33.5. The van der Waals surface area contributed by atoms with Crippen LogP contribution >= 0.6 is 48.0 Å². The average Bonchev–Trinajstić information content (AvgIpc) is 3.25. The zero-order chi connectivity index (χ0) is 26.9. The Balaban J connectivity index is 1.54. The van der Waals surface area contributed by atoms with E-state index in [1.54, 1.807) is 9.80 Å². The summed E-state index contributed by atoms with van der Waals surface area (Å²) in [5, 5.41) is 0. The van der Waals surface area contributed by atoms with E-state index in [1.807, 2.05) is 47.2 Å². The predicted octanol–water partition coefficient (Wildman–Crippen LogP) is 6.24. The molecule has 6 nitrogen and oxygen atoms in total. The molecule has 2 aliphatic heterocycles. The highest BCUT2D eigenvalue weighted by atomic mass is 32.2. The van der Waals surface area contributed by atoms with Crippen LogP contribution in [0.25, 0.3) is 0 Å². The second kappa shape index (κ2) is 14.5.